The van der Waals surface area contributed by atoms with E-state index in [1.165, 1.54) is 0 Å². The second-order valence-electron chi connectivity index (χ2n) is 2.46. The Morgan fingerprint density at radius 3 is 2.09 bits per heavy atom. The first-order valence-electron chi connectivity index (χ1n) is 3.30. The third kappa shape index (κ3) is 2.12. The Labute approximate surface area is 89.3 Å². The zero-order chi connectivity index (χ0) is 8.43. The van der Waals surface area contributed by atoms with Gasteiger partial charge in [0.15, 0.2) is 0 Å². The van der Waals surface area contributed by atoms with Gasteiger partial charge in [0.1, 0.15) is 0 Å². The molecule has 1 fully saturated rings. The molecule has 1 rings (SSSR count). The van der Waals surface area contributed by atoms with Crippen molar-refractivity contribution in [2.45, 2.75) is 22.2 Å². The summed E-state index contributed by atoms with van der Waals surface area (Å²) in [6, 6.07) is 0. The van der Waals surface area contributed by atoms with E-state index >= 15 is 0 Å². The van der Waals surface area contributed by atoms with Gasteiger partial charge in [-0.05, 0) is 0 Å². The SMILES string of the molecule is O[C@@H]1C(CCl)O[C@H](CCl)[C@H]1I. The highest BCUT2D eigenvalue weighted by Crippen LogP contribution is 2.28. The Balaban J connectivity index is 2.53. The van der Waals surface area contributed by atoms with E-state index in [9.17, 15) is 5.11 Å². The van der Waals surface area contributed by atoms with Crippen LogP contribution in [0.4, 0.5) is 0 Å². The molecule has 1 unspecified atom stereocenters. The van der Waals surface area contributed by atoms with Gasteiger partial charge in [0, 0.05) is 5.88 Å². The summed E-state index contributed by atoms with van der Waals surface area (Å²) in [6.07, 6.45) is -0.782. The van der Waals surface area contributed by atoms with Crippen LogP contribution < -0.4 is 0 Å². The molecule has 2 nitrogen and oxygen atoms in total. The van der Waals surface area contributed by atoms with Crippen molar-refractivity contribution in [2.24, 2.45) is 0 Å². The van der Waals surface area contributed by atoms with Crippen molar-refractivity contribution in [3.8, 4) is 0 Å². The van der Waals surface area contributed by atoms with Crippen LogP contribution in [0.1, 0.15) is 0 Å². The molecule has 4 atom stereocenters. The monoisotopic (exact) mass is 310 g/mol. The lowest BCUT2D eigenvalue weighted by atomic mass is 10.2. The highest BCUT2D eigenvalue weighted by molar-refractivity contribution is 14.1. The molecule has 0 radical (unpaired) electrons. The maximum absolute atomic E-state index is 9.48. The Morgan fingerprint density at radius 1 is 1.27 bits per heavy atom. The van der Waals surface area contributed by atoms with E-state index < -0.39 is 6.10 Å². The highest BCUT2D eigenvalue weighted by Gasteiger charge is 2.40. The summed E-state index contributed by atoms with van der Waals surface area (Å²) >= 11 is 13.3. The molecule has 0 aliphatic carbocycles. The van der Waals surface area contributed by atoms with E-state index in [2.05, 4.69) is 22.6 Å². The second kappa shape index (κ2) is 4.46. The molecule has 11 heavy (non-hydrogen) atoms. The van der Waals surface area contributed by atoms with Gasteiger partial charge in [0.25, 0.3) is 0 Å². The quantitative estimate of drug-likeness (QED) is 0.617. The van der Waals surface area contributed by atoms with Crippen LogP contribution in [0.3, 0.4) is 0 Å². The van der Waals surface area contributed by atoms with Crippen molar-refractivity contribution in [2.75, 3.05) is 11.8 Å². The van der Waals surface area contributed by atoms with Gasteiger partial charge in [0.05, 0.1) is 28.1 Å². The number of rotatable bonds is 2. The third-order valence-corrected chi connectivity index (χ3v) is 3.86. The first-order valence-corrected chi connectivity index (χ1v) is 5.61. The summed E-state index contributed by atoms with van der Waals surface area (Å²) in [4.78, 5) is 0. The third-order valence-electron chi connectivity index (χ3n) is 1.72. The predicted molar refractivity (Wildman–Crippen MR) is 53.9 cm³/mol. The Bertz CT molecular complexity index is 118. The van der Waals surface area contributed by atoms with Crippen LogP contribution in [0.15, 0.2) is 0 Å². The van der Waals surface area contributed by atoms with Crippen molar-refractivity contribution < 1.29 is 9.84 Å². The molecule has 0 saturated carbocycles. The topological polar surface area (TPSA) is 29.5 Å². The van der Waals surface area contributed by atoms with Gasteiger partial charge in [-0.3, -0.25) is 0 Å². The van der Waals surface area contributed by atoms with Crippen molar-refractivity contribution >= 4 is 45.8 Å². The van der Waals surface area contributed by atoms with Crippen molar-refractivity contribution in [3.63, 3.8) is 0 Å². The van der Waals surface area contributed by atoms with Gasteiger partial charge in [0.2, 0.25) is 0 Å². The Hall–Kier alpha value is 1.23. The molecular formula is C6H9Cl2IO2. The van der Waals surface area contributed by atoms with Crippen LogP contribution in [0.25, 0.3) is 0 Å². The first kappa shape index (κ1) is 10.3. The first-order chi connectivity index (χ1) is 5.20. The molecule has 0 aromatic carbocycles. The smallest absolute Gasteiger partial charge is 0.0985 e. The maximum atomic E-state index is 9.48. The van der Waals surface area contributed by atoms with Crippen LogP contribution in [0, 0.1) is 0 Å². The summed E-state index contributed by atoms with van der Waals surface area (Å²) in [5, 5.41) is 9.48. The Morgan fingerprint density at radius 2 is 1.82 bits per heavy atom. The predicted octanol–water partition coefficient (Wildman–Crippen LogP) is 1.40. The molecule has 66 valence electrons. The minimum Gasteiger partial charge on any atom is -0.389 e. The molecule has 0 amide bonds. The van der Waals surface area contributed by atoms with Crippen LogP contribution >= 0.6 is 45.8 Å². The van der Waals surface area contributed by atoms with E-state index in [1.807, 2.05) is 0 Å². The van der Waals surface area contributed by atoms with E-state index in [0.29, 0.717) is 11.8 Å². The molecule has 0 aromatic rings. The Kier molecular flexibility index (Phi) is 4.18. The van der Waals surface area contributed by atoms with E-state index in [-0.39, 0.29) is 16.1 Å². The molecule has 1 aliphatic heterocycles. The zero-order valence-corrected chi connectivity index (χ0v) is 9.38. The number of alkyl halides is 3. The number of hydrogen-bond acceptors (Lipinski definition) is 2. The molecule has 1 saturated heterocycles. The van der Waals surface area contributed by atoms with E-state index in [4.69, 9.17) is 27.9 Å². The number of aliphatic hydroxyl groups is 1. The van der Waals surface area contributed by atoms with E-state index in [1.54, 1.807) is 0 Å². The summed E-state index contributed by atoms with van der Waals surface area (Å²) in [5.74, 6) is 0.742. The minimum absolute atomic E-state index is 0.0592. The largest absolute Gasteiger partial charge is 0.389 e. The fourth-order valence-corrected chi connectivity index (χ4v) is 2.76. The summed E-state index contributed by atoms with van der Waals surface area (Å²) in [5.41, 5.74) is 0. The number of hydrogen-bond donors (Lipinski definition) is 1. The molecule has 1 N–H and O–H groups in total. The van der Waals surface area contributed by atoms with Crippen molar-refractivity contribution in [1.29, 1.82) is 0 Å². The van der Waals surface area contributed by atoms with Crippen LogP contribution in [0.2, 0.25) is 0 Å². The average molecular weight is 311 g/mol. The van der Waals surface area contributed by atoms with Crippen LogP contribution in [-0.2, 0) is 4.74 Å². The lowest BCUT2D eigenvalue weighted by Crippen LogP contribution is -2.28. The zero-order valence-electron chi connectivity index (χ0n) is 5.71. The lowest BCUT2D eigenvalue weighted by molar-refractivity contribution is 0.0320. The highest BCUT2D eigenvalue weighted by atomic mass is 127. The average Bonchev–Trinajstić information content (AvgIpc) is 2.30. The lowest BCUT2D eigenvalue weighted by Gasteiger charge is -2.09. The van der Waals surface area contributed by atoms with Gasteiger partial charge in [-0.1, -0.05) is 22.6 Å². The molecule has 0 bridgehead atoms. The standard InChI is InChI=1S/C6H9Cl2IO2/c7-1-3-5(9)6(10)4(2-8)11-3/h3-6,10H,1-2H2/t3-,4?,5-,6-/m1/s1. The molecule has 1 heterocycles. The fourth-order valence-electron chi connectivity index (χ4n) is 1.05. The number of ether oxygens (including phenoxy) is 1. The van der Waals surface area contributed by atoms with Crippen LogP contribution in [0.5, 0.6) is 0 Å². The van der Waals surface area contributed by atoms with Crippen molar-refractivity contribution in [3.05, 3.63) is 0 Å². The van der Waals surface area contributed by atoms with Gasteiger partial charge in [-0.2, -0.15) is 0 Å². The molecule has 5 heteroatoms. The minimum atomic E-state index is -0.475. The number of halogens is 3. The van der Waals surface area contributed by atoms with E-state index in [0.717, 1.165) is 0 Å². The van der Waals surface area contributed by atoms with Gasteiger partial charge < -0.3 is 9.84 Å². The van der Waals surface area contributed by atoms with Gasteiger partial charge in [-0.15, -0.1) is 23.2 Å². The second-order valence-corrected chi connectivity index (χ2v) is 4.51. The maximum Gasteiger partial charge on any atom is 0.0985 e. The molecule has 1 aliphatic rings. The van der Waals surface area contributed by atoms with Crippen molar-refractivity contribution in [1.82, 2.24) is 0 Å². The molecule has 0 aromatic heterocycles. The molecule has 0 spiro atoms. The van der Waals surface area contributed by atoms with Crippen LogP contribution in [-0.4, -0.2) is 39.1 Å². The normalized spacial score (nSPS) is 44.7. The van der Waals surface area contributed by atoms with Gasteiger partial charge >= 0.3 is 0 Å². The summed E-state index contributed by atoms with van der Waals surface area (Å²) in [7, 11) is 0. The summed E-state index contributed by atoms with van der Waals surface area (Å²) < 4.78 is 5.43. The summed E-state index contributed by atoms with van der Waals surface area (Å²) in [6.45, 7) is 0. The molecular weight excluding hydrogens is 302 g/mol. The number of aliphatic hydroxyl groups excluding tert-OH is 1. The fraction of sp³-hybridized carbons (Fsp3) is 1.00. The van der Waals surface area contributed by atoms with Gasteiger partial charge in [-0.25, -0.2) is 0 Å².